The van der Waals surface area contributed by atoms with Crippen molar-refractivity contribution in [3.8, 4) is 0 Å². The molecule has 0 fully saturated rings. The number of anilines is 1. The van der Waals surface area contributed by atoms with E-state index in [2.05, 4.69) is 50.4 Å². The smallest absolute Gasteiger partial charge is 0.191 e. The molecule has 128 valence electrons. The number of nitrogens with one attached hydrogen (secondary N) is 2. The molecule has 1 unspecified atom stereocenters. The minimum absolute atomic E-state index is 0. The second-order valence-electron chi connectivity index (χ2n) is 5.24. The molecule has 2 rings (SSSR count). The zero-order valence-corrected chi connectivity index (χ0v) is 17.8. The lowest BCUT2D eigenvalue weighted by Gasteiger charge is -2.14. The zero-order valence-electron chi connectivity index (χ0n) is 13.9. The normalized spacial score (nSPS) is 12.4. The minimum atomic E-state index is 0. The maximum absolute atomic E-state index is 4.55. The summed E-state index contributed by atoms with van der Waals surface area (Å²) in [6, 6.07) is 4.26. The quantitative estimate of drug-likeness (QED) is 0.391. The number of aromatic nitrogens is 1. The monoisotopic (exact) mass is 465 g/mol. The summed E-state index contributed by atoms with van der Waals surface area (Å²) in [4.78, 5) is 12.2. The van der Waals surface area contributed by atoms with Crippen LogP contribution < -0.4 is 15.5 Å². The van der Waals surface area contributed by atoms with Gasteiger partial charge in [-0.05, 0) is 11.4 Å². The molecule has 8 heteroatoms. The summed E-state index contributed by atoms with van der Waals surface area (Å²) >= 11 is 3.44. The number of nitrogens with zero attached hydrogens (tertiary/aromatic N) is 3. The molecule has 0 saturated heterocycles. The van der Waals surface area contributed by atoms with Crippen LogP contribution in [-0.4, -0.2) is 38.6 Å². The van der Waals surface area contributed by atoms with Crippen LogP contribution in [0.25, 0.3) is 0 Å². The van der Waals surface area contributed by atoms with E-state index in [0.29, 0.717) is 12.5 Å². The predicted octanol–water partition coefficient (Wildman–Crippen LogP) is 3.36. The third-order valence-electron chi connectivity index (χ3n) is 3.19. The van der Waals surface area contributed by atoms with Crippen LogP contribution in [0, 0.1) is 0 Å². The fraction of sp³-hybridized carbons (Fsp3) is 0.467. The lowest BCUT2D eigenvalue weighted by atomic mass is 10.1. The molecule has 2 aromatic heterocycles. The van der Waals surface area contributed by atoms with Gasteiger partial charge in [0, 0.05) is 43.9 Å². The predicted molar refractivity (Wildman–Crippen MR) is 113 cm³/mol. The number of halogens is 1. The number of guanidine groups is 1. The molecule has 0 saturated carbocycles. The first-order valence-corrected chi connectivity index (χ1v) is 8.95. The summed E-state index contributed by atoms with van der Waals surface area (Å²) in [6.07, 6.45) is 0. The summed E-state index contributed by atoms with van der Waals surface area (Å²) < 4.78 is 0. The molecular weight excluding hydrogens is 441 g/mol. The molecule has 0 aliphatic rings. The molecule has 2 heterocycles. The Balaban J connectivity index is 0.00000264. The molecule has 2 N–H and O–H groups in total. The summed E-state index contributed by atoms with van der Waals surface area (Å²) in [7, 11) is 5.79. The van der Waals surface area contributed by atoms with Crippen LogP contribution in [-0.2, 0) is 6.54 Å². The second kappa shape index (κ2) is 10.1. The van der Waals surface area contributed by atoms with Gasteiger partial charge in [-0.3, -0.25) is 4.99 Å². The highest BCUT2D eigenvalue weighted by Crippen LogP contribution is 2.19. The molecule has 23 heavy (non-hydrogen) atoms. The summed E-state index contributed by atoms with van der Waals surface area (Å²) in [5.74, 6) is 1.28. The van der Waals surface area contributed by atoms with Gasteiger partial charge in [0.05, 0.1) is 12.2 Å². The number of hydrogen-bond acceptors (Lipinski definition) is 5. The van der Waals surface area contributed by atoms with Gasteiger partial charge in [-0.1, -0.05) is 13.0 Å². The number of thiazole rings is 1. The van der Waals surface area contributed by atoms with E-state index in [4.69, 9.17) is 0 Å². The highest BCUT2D eigenvalue weighted by atomic mass is 127. The van der Waals surface area contributed by atoms with Crippen LogP contribution in [0.15, 0.2) is 27.9 Å². The Kier molecular flexibility index (Phi) is 8.85. The third-order valence-corrected chi connectivity index (χ3v) is 5.35. The van der Waals surface area contributed by atoms with Crippen molar-refractivity contribution >= 4 is 57.7 Å². The van der Waals surface area contributed by atoms with Gasteiger partial charge in [0.15, 0.2) is 11.1 Å². The number of aliphatic imine (C=N–C) groups is 1. The number of rotatable bonds is 6. The molecule has 5 nitrogen and oxygen atoms in total. The molecular formula is C15H24IN5S2. The fourth-order valence-corrected chi connectivity index (χ4v) is 3.45. The van der Waals surface area contributed by atoms with Crippen molar-refractivity contribution < 1.29 is 0 Å². The molecule has 0 bridgehead atoms. The Bertz CT molecular complexity index is 595. The lowest BCUT2D eigenvalue weighted by molar-refractivity contribution is 0.706. The minimum Gasteiger partial charge on any atom is -0.356 e. The largest absolute Gasteiger partial charge is 0.356 e. The third kappa shape index (κ3) is 6.27. The Morgan fingerprint density at radius 2 is 2.13 bits per heavy atom. The summed E-state index contributed by atoms with van der Waals surface area (Å²) in [5.41, 5.74) is 1.03. The molecule has 0 radical (unpaired) electrons. The van der Waals surface area contributed by atoms with Gasteiger partial charge in [0.2, 0.25) is 0 Å². The number of thiophene rings is 1. The van der Waals surface area contributed by atoms with E-state index in [0.717, 1.165) is 23.3 Å². The maximum Gasteiger partial charge on any atom is 0.191 e. The molecule has 0 aliphatic carbocycles. The highest BCUT2D eigenvalue weighted by Gasteiger charge is 2.08. The van der Waals surface area contributed by atoms with E-state index >= 15 is 0 Å². The van der Waals surface area contributed by atoms with Gasteiger partial charge in [-0.25, -0.2) is 4.98 Å². The number of hydrogen-bond donors (Lipinski definition) is 2. The van der Waals surface area contributed by atoms with Crippen LogP contribution in [0.3, 0.4) is 0 Å². The van der Waals surface area contributed by atoms with Crippen LogP contribution in [0.2, 0.25) is 0 Å². The standard InChI is InChI=1S/C15H23N5S2.HI/c1-11(13-6-5-7-21-13)8-17-14(16-2)18-9-12-10-22-15(19-12)20(3)4;/h5-7,10-11H,8-9H2,1-4H3,(H2,16,17,18);1H. The van der Waals surface area contributed by atoms with Crippen molar-refractivity contribution in [2.24, 2.45) is 4.99 Å². The van der Waals surface area contributed by atoms with Crippen molar-refractivity contribution in [2.45, 2.75) is 19.4 Å². The van der Waals surface area contributed by atoms with E-state index in [1.807, 2.05) is 19.0 Å². The van der Waals surface area contributed by atoms with E-state index < -0.39 is 0 Å². The Morgan fingerprint density at radius 3 is 2.70 bits per heavy atom. The first-order chi connectivity index (χ1) is 10.6. The molecule has 0 aromatic carbocycles. The SMILES string of the molecule is CN=C(NCc1csc(N(C)C)n1)NCC(C)c1cccs1.I. The van der Waals surface area contributed by atoms with Crippen molar-refractivity contribution in [3.05, 3.63) is 33.5 Å². The maximum atomic E-state index is 4.55. The van der Waals surface area contributed by atoms with Crippen molar-refractivity contribution in [3.63, 3.8) is 0 Å². The highest BCUT2D eigenvalue weighted by molar-refractivity contribution is 14.0. The van der Waals surface area contributed by atoms with Crippen molar-refractivity contribution in [2.75, 3.05) is 32.6 Å². The Labute approximate surface area is 163 Å². The molecule has 2 aromatic rings. The van der Waals surface area contributed by atoms with Gasteiger partial charge < -0.3 is 15.5 Å². The first kappa shape index (κ1) is 20.2. The van der Waals surface area contributed by atoms with E-state index in [-0.39, 0.29) is 24.0 Å². The molecule has 1 atom stereocenters. The van der Waals surface area contributed by atoms with Crippen molar-refractivity contribution in [1.29, 1.82) is 0 Å². The summed E-state index contributed by atoms with van der Waals surface area (Å²) in [6.45, 7) is 3.76. The van der Waals surface area contributed by atoms with Crippen molar-refractivity contribution in [1.82, 2.24) is 15.6 Å². The van der Waals surface area contributed by atoms with Gasteiger partial charge in [0.25, 0.3) is 0 Å². The summed E-state index contributed by atoms with van der Waals surface area (Å²) in [5, 5.41) is 11.9. The van der Waals surface area contributed by atoms with Crippen LogP contribution in [0.4, 0.5) is 5.13 Å². The zero-order chi connectivity index (χ0) is 15.9. The van der Waals surface area contributed by atoms with Crippen LogP contribution >= 0.6 is 46.7 Å². The molecule has 0 amide bonds. The van der Waals surface area contributed by atoms with Crippen LogP contribution in [0.5, 0.6) is 0 Å². The Hall–Kier alpha value is -0.870. The second-order valence-corrected chi connectivity index (χ2v) is 7.05. The molecule has 0 aliphatic heterocycles. The first-order valence-electron chi connectivity index (χ1n) is 7.19. The van der Waals surface area contributed by atoms with E-state index in [1.165, 1.54) is 4.88 Å². The van der Waals surface area contributed by atoms with E-state index in [1.54, 1.807) is 29.7 Å². The average molecular weight is 465 g/mol. The lowest BCUT2D eigenvalue weighted by Crippen LogP contribution is -2.38. The van der Waals surface area contributed by atoms with E-state index in [9.17, 15) is 0 Å². The van der Waals surface area contributed by atoms with Gasteiger partial charge in [0.1, 0.15) is 0 Å². The van der Waals surface area contributed by atoms with Crippen LogP contribution in [0.1, 0.15) is 23.4 Å². The topological polar surface area (TPSA) is 52.6 Å². The Morgan fingerprint density at radius 1 is 1.35 bits per heavy atom. The van der Waals surface area contributed by atoms with Gasteiger partial charge in [-0.15, -0.1) is 46.7 Å². The fourth-order valence-electron chi connectivity index (χ4n) is 1.90. The average Bonchev–Trinajstić information content (AvgIpc) is 3.18. The van der Waals surface area contributed by atoms with Gasteiger partial charge in [-0.2, -0.15) is 0 Å². The van der Waals surface area contributed by atoms with Gasteiger partial charge >= 0.3 is 0 Å². The molecule has 0 spiro atoms.